The molecule has 0 amide bonds. The summed E-state index contributed by atoms with van der Waals surface area (Å²) in [5, 5.41) is 2.46. The van der Waals surface area contributed by atoms with Gasteiger partial charge in [0.05, 0.1) is 0 Å². The number of nitrogens with zero attached hydrogens (tertiary/aromatic N) is 1. The Morgan fingerprint density at radius 1 is 1.05 bits per heavy atom. The Balaban J connectivity index is 0.00000200. The minimum absolute atomic E-state index is 0. The van der Waals surface area contributed by atoms with Gasteiger partial charge in [-0.2, -0.15) is 0 Å². The Labute approximate surface area is 132 Å². The van der Waals surface area contributed by atoms with Crippen molar-refractivity contribution in [3.8, 4) is 5.75 Å². The van der Waals surface area contributed by atoms with Crippen molar-refractivity contribution in [2.75, 3.05) is 32.1 Å². The third-order valence-electron chi connectivity index (χ3n) is 3.25. The first-order valence-corrected chi connectivity index (χ1v) is 7.27. The maximum absolute atomic E-state index is 5.81. The van der Waals surface area contributed by atoms with Crippen molar-refractivity contribution in [2.24, 2.45) is 0 Å². The molecule has 0 saturated heterocycles. The lowest BCUT2D eigenvalue weighted by Crippen LogP contribution is -2.30. The number of benzene rings is 2. The van der Waals surface area contributed by atoms with Crippen LogP contribution in [0.4, 0.5) is 0 Å². The number of halogens is 2. The highest BCUT2D eigenvalue weighted by molar-refractivity contribution is 6.18. The van der Waals surface area contributed by atoms with E-state index in [0.717, 1.165) is 25.4 Å². The smallest absolute Gasteiger partial charge is 0.120 e. The predicted molar refractivity (Wildman–Crippen MR) is 89.5 cm³/mol. The second kappa shape index (κ2) is 9.06. The van der Waals surface area contributed by atoms with Crippen LogP contribution in [0.15, 0.2) is 42.5 Å². The van der Waals surface area contributed by atoms with Crippen molar-refractivity contribution in [3.63, 3.8) is 0 Å². The zero-order chi connectivity index (χ0) is 13.5. The summed E-state index contributed by atoms with van der Waals surface area (Å²) in [6.07, 6.45) is 0. The van der Waals surface area contributed by atoms with Gasteiger partial charge < -0.3 is 4.74 Å². The van der Waals surface area contributed by atoms with Crippen molar-refractivity contribution in [3.05, 3.63) is 42.5 Å². The Bertz CT molecular complexity index is 519. The molecule has 0 radical (unpaired) electrons. The largest absolute Gasteiger partial charge is 0.492 e. The van der Waals surface area contributed by atoms with Gasteiger partial charge in [-0.1, -0.05) is 37.3 Å². The molecule has 0 atom stereocenters. The first-order valence-electron chi connectivity index (χ1n) is 6.73. The molecule has 0 spiro atoms. The highest BCUT2D eigenvalue weighted by Crippen LogP contribution is 2.20. The summed E-state index contributed by atoms with van der Waals surface area (Å²) in [4.78, 5) is 2.29. The number of likely N-dealkylation sites (N-methyl/N-ethyl adjacent to an activating group) is 1. The summed E-state index contributed by atoms with van der Waals surface area (Å²) in [7, 11) is 0. The molecule has 20 heavy (non-hydrogen) atoms. The monoisotopic (exact) mass is 313 g/mol. The standard InChI is InChI=1S/C16H20ClNO.ClH/c1-2-18(10-9-17)11-12-19-16-8-7-14-5-3-4-6-15(14)13-16;/h3-8,13H,2,9-12H2,1H3;1H. The van der Waals surface area contributed by atoms with Gasteiger partial charge in [0, 0.05) is 19.0 Å². The maximum atomic E-state index is 5.81. The molecule has 0 N–H and O–H groups in total. The van der Waals surface area contributed by atoms with E-state index in [1.807, 2.05) is 18.2 Å². The molecule has 0 aliphatic heterocycles. The molecule has 2 aromatic carbocycles. The van der Waals surface area contributed by atoms with Crippen molar-refractivity contribution in [1.82, 2.24) is 4.90 Å². The van der Waals surface area contributed by atoms with E-state index >= 15 is 0 Å². The van der Waals surface area contributed by atoms with Crippen molar-refractivity contribution < 1.29 is 4.74 Å². The number of rotatable bonds is 7. The normalized spacial score (nSPS) is 10.6. The number of ether oxygens (including phenoxy) is 1. The first kappa shape index (κ1) is 17.1. The fraction of sp³-hybridized carbons (Fsp3) is 0.375. The van der Waals surface area contributed by atoms with Gasteiger partial charge in [0.1, 0.15) is 12.4 Å². The van der Waals surface area contributed by atoms with Crippen LogP contribution in [-0.2, 0) is 0 Å². The lowest BCUT2D eigenvalue weighted by atomic mass is 10.1. The summed E-state index contributed by atoms with van der Waals surface area (Å²) in [6.45, 7) is 5.68. The van der Waals surface area contributed by atoms with Crippen LogP contribution in [0.2, 0.25) is 0 Å². The molecule has 2 aromatic rings. The fourth-order valence-corrected chi connectivity index (χ4v) is 2.34. The second-order valence-corrected chi connectivity index (χ2v) is 4.86. The predicted octanol–water partition coefficient (Wildman–Crippen LogP) is 4.20. The SMILES string of the molecule is CCN(CCCl)CCOc1ccc2ccccc2c1.Cl. The minimum Gasteiger partial charge on any atom is -0.492 e. The quantitative estimate of drug-likeness (QED) is 0.710. The van der Waals surface area contributed by atoms with Crippen LogP contribution in [-0.4, -0.2) is 37.0 Å². The van der Waals surface area contributed by atoms with Gasteiger partial charge in [-0.05, 0) is 29.4 Å². The molecule has 0 fully saturated rings. The van der Waals surface area contributed by atoms with Crippen LogP contribution >= 0.6 is 24.0 Å². The average molecular weight is 314 g/mol. The summed E-state index contributed by atoms with van der Waals surface area (Å²) in [6, 6.07) is 14.5. The van der Waals surface area contributed by atoms with Gasteiger partial charge in [-0.25, -0.2) is 0 Å². The first-order chi connectivity index (χ1) is 9.33. The van der Waals surface area contributed by atoms with E-state index in [0.29, 0.717) is 12.5 Å². The third-order valence-corrected chi connectivity index (χ3v) is 3.41. The second-order valence-electron chi connectivity index (χ2n) is 4.48. The maximum Gasteiger partial charge on any atom is 0.120 e. The molecule has 0 unspecified atom stereocenters. The summed E-state index contributed by atoms with van der Waals surface area (Å²) >= 11 is 5.75. The lowest BCUT2D eigenvalue weighted by molar-refractivity contribution is 0.224. The van der Waals surface area contributed by atoms with Gasteiger partial charge in [-0.15, -0.1) is 24.0 Å². The molecule has 0 saturated carbocycles. The van der Waals surface area contributed by atoms with Gasteiger partial charge in [0.2, 0.25) is 0 Å². The van der Waals surface area contributed by atoms with E-state index in [1.54, 1.807) is 0 Å². The summed E-state index contributed by atoms with van der Waals surface area (Å²) in [5.41, 5.74) is 0. The summed E-state index contributed by atoms with van der Waals surface area (Å²) in [5.74, 6) is 1.60. The van der Waals surface area contributed by atoms with E-state index in [1.165, 1.54) is 10.8 Å². The highest BCUT2D eigenvalue weighted by atomic mass is 35.5. The zero-order valence-corrected chi connectivity index (χ0v) is 13.3. The molecule has 110 valence electrons. The molecule has 4 heteroatoms. The van der Waals surface area contributed by atoms with E-state index in [2.05, 4.69) is 36.1 Å². The average Bonchev–Trinajstić information content (AvgIpc) is 2.46. The Morgan fingerprint density at radius 2 is 1.80 bits per heavy atom. The van der Waals surface area contributed by atoms with Crippen LogP contribution in [0.25, 0.3) is 10.8 Å². The van der Waals surface area contributed by atoms with Crippen LogP contribution < -0.4 is 4.74 Å². The lowest BCUT2D eigenvalue weighted by Gasteiger charge is -2.19. The fourth-order valence-electron chi connectivity index (χ4n) is 2.10. The molecule has 0 bridgehead atoms. The van der Waals surface area contributed by atoms with Crippen molar-refractivity contribution in [2.45, 2.75) is 6.92 Å². The number of fused-ring (bicyclic) bond motifs is 1. The molecule has 0 aliphatic rings. The number of hydrogen-bond donors (Lipinski definition) is 0. The van der Waals surface area contributed by atoms with E-state index in [4.69, 9.17) is 16.3 Å². The topological polar surface area (TPSA) is 12.5 Å². The molecule has 0 aromatic heterocycles. The van der Waals surface area contributed by atoms with Gasteiger partial charge in [0.15, 0.2) is 0 Å². The van der Waals surface area contributed by atoms with Gasteiger partial charge in [-0.3, -0.25) is 4.90 Å². The number of hydrogen-bond acceptors (Lipinski definition) is 2. The summed E-state index contributed by atoms with van der Waals surface area (Å²) < 4.78 is 5.81. The van der Waals surface area contributed by atoms with Gasteiger partial charge >= 0.3 is 0 Å². The van der Waals surface area contributed by atoms with E-state index in [9.17, 15) is 0 Å². The molecular weight excluding hydrogens is 293 g/mol. The van der Waals surface area contributed by atoms with Crippen LogP contribution in [0.1, 0.15) is 6.92 Å². The minimum atomic E-state index is 0. The Kier molecular flexibility index (Phi) is 7.75. The molecule has 0 aliphatic carbocycles. The Morgan fingerprint density at radius 3 is 2.50 bits per heavy atom. The Hall–Kier alpha value is -0.960. The molecular formula is C16H21Cl2NO. The molecule has 0 heterocycles. The molecule has 2 rings (SSSR count). The van der Waals surface area contributed by atoms with Crippen LogP contribution in [0.5, 0.6) is 5.75 Å². The molecule has 2 nitrogen and oxygen atoms in total. The zero-order valence-electron chi connectivity index (χ0n) is 11.7. The third kappa shape index (κ3) is 4.86. The van der Waals surface area contributed by atoms with Crippen molar-refractivity contribution >= 4 is 34.8 Å². The van der Waals surface area contributed by atoms with Crippen molar-refractivity contribution in [1.29, 1.82) is 0 Å². The number of alkyl halides is 1. The van der Waals surface area contributed by atoms with Crippen LogP contribution in [0, 0.1) is 0 Å². The van der Waals surface area contributed by atoms with Gasteiger partial charge in [0.25, 0.3) is 0 Å². The highest BCUT2D eigenvalue weighted by Gasteiger charge is 2.02. The van der Waals surface area contributed by atoms with E-state index < -0.39 is 0 Å². The van der Waals surface area contributed by atoms with E-state index in [-0.39, 0.29) is 12.4 Å². The van der Waals surface area contributed by atoms with Crippen LogP contribution in [0.3, 0.4) is 0 Å².